The fraction of sp³-hybridized carbons (Fsp3) is 0.0556. The molecule has 0 saturated carbocycles. The molecule has 0 fully saturated rings. The molecule has 0 aliphatic heterocycles. The van der Waals surface area contributed by atoms with Crippen LogP contribution in [-0.2, 0) is 0 Å². The van der Waals surface area contributed by atoms with Gasteiger partial charge in [0.1, 0.15) is 16.1 Å². The van der Waals surface area contributed by atoms with Crippen LogP contribution < -0.4 is 5.63 Å². The second kappa shape index (κ2) is 6.74. The highest BCUT2D eigenvalue weighted by Gasteiger charge is 2.19. The Morgan fingerprint density at radius 1 is 1.19 bits per heavy atom. The van der Waals surface area contributed by atoms with E-state index in [1.54, 1.807) is 19.1 Å². The van der Waals surface area contributed by atoms with E-state index in [4.69, 9.17) is 27.6 Å². The van der Waals surface area contributed by atoms with Crippen LogP contribution in [0.2, 0.25) is 10.0 Å². The van der Waals surface area contributed by atoms with E-state index in [0.29, 0.717) is 26.5 Å². The summed E-state index contributed by atoms with van der Waals surface area (Å²) in [7, 11) is 0. The summed E-state index contributed by atoms with van der Waals surface area (Å²) in [5.41, 5.74) is 1.42. The van der Waals surface area contributed by atoms with E-state index >= 15 is 0 Å². The summed E-state index contributed by atoms with van der Waals surface area (Å²) in [4.78, 5) is 16.9. The highest BCUT2D eigenvalue weighted by Crippen LogP contribution is 2.30. The summed E-state index contributed by atoms with van der Waals surface area (Å²) in [6.45, 7) is 1.80. The zero-order chi connectivity index (χ0) is 19.3. The molecule has 5 nitrogen and oxygen atoms in total. The third kappa shape index (κ3) is 3.26. The van der Waals surface area contributed by atoms with Gasteiger partial charge in [0.05, 0.1) is 21.6 Å². The zero-order valence-corrected chi connectivity index (χ0v) is 16.7. The number of benzene rings is 2. The fourth-order valence-corrected chi connectivity index (χ4v) is 3.65. The highest BCUT2D eigenvalue weighted by molar-refractivity contribution is 9.10. The molecular formula is C18H9BrCl2FN3O2. The Bertz CT molecular complexity index is 1270. The van der Waals surface area contributed by atoms with Crippen molar-refractivity contribution in [1.82, 2.24) is 14.8 Å². The van der Waals surface area contributed by atoms with Crippen molar-refractivity contribution in [2.24, 2.45) is 0 Å². The van der Waals surface area contributed by atoms with Crippen molar-refractivity contribution >= 4 is 50.0 Å². The normalized spacial score (nSPS) is 11.3. The van der Waals surface area contributed by atoms with Crippen molar-refractivity contribution in [1.29, 1.82) is 0 Å². The van der Waals surface area contributed by atoms with Gasteiger partial charge in [0.15, 0.2) is 0 Å². The lowest BCUT2D eigenvalue weighted by molar-refractivity contribution is 0.513. The van der Waals surface area contributed by atoms with Crippen LogP contribution >= 0.6 is 39.1 Å². The monoisotopic (exact) mass is 467 g/mol. The molecule has 0 atom stereocenters. The molecule has 0 N–H and O–H groups in total. The molecule has 0 aliphatic carbocycles. The average Bonchev–Trinajstić information content (AvgIpc) is 2.97. The summed E-state index contributed by atoms with van der Waals surface area (Å²) in [6, 6.07) is 8.76. The van der Waals surface area contributed by atoms with Crippen LogP contribution in [0.1, 0.15) is 5.56 Å². The third-order valence-electron chi connectivity index (χ3n) is 3.92. The van der Waals surface area contributed by atoms with E-state index in [2.05, 4.69) is 26.0 Å². The molecule has 0 radical (unpaired) electrons. The smallest absolute Gasteiger partial charge is 0.347 e. The van der Waals surface area contributed by atoms with Gasteiger partial charge in [-0.15, -0.1) is 0 Å². The molecular weight excluding hydrogens is 460 g/mol. The minimum absolute atomic E-state index is 0.0523. The van der Waals surface area contributed by atoms with Crippen LogP contribution in [0.3, 0.4) is 0 Å². The van der Waals surface area contributed by atoms with Crippen molar-refractivity contribution in [3.63, 3.8) is 0 Å². The lowest BCUT2D eigenvalue weighted by Gasteiger charge is -2.09. The van der Waals surface area contributed by atoms with Crippen molar-refractivity contribution in [3.05, 3.63) is 72.8 Å². The fourth-order valence-electron chi connectivity index (χ4n) is 2.76. The van der Waals surface area contributed by atoms with Crippen LogP contribution in [0.4, 0.5) is 4.39 Å². The summed E-state index contributed by atoms with van der Waals surface area (Å²) in [6.07, 6.45) is 0. The molecule has 2 aromatic carbocycles. The second-order valence-corrected chi connectivity index (χ2v) is 7.44. The Hall–Kier alpha value is -2.22. The van der Waals surface area contributed by atoms with E-state index in [-0.39, 0.29) is 16.3 Å². The molecule has 0 saturated heterocycles. The largest absolute Gasteiger partial charge is 0.401 e. The van der Waals surface area contributed by atoms with Gasteiger partial charge in [0.2, 0.25) is 5.89 Å². The van der Waals surface area contributed by atoms with Crippen molar-refractivity contribution in [3.8, 4) is 17.3 Å². The van der Waals surface area contributed by atoms with E-state index in [1.165, 1.54) is 28.9 Å². The number of hydrogen-bond acceptors (Lipinski definition) is 4. The maximum absolute atomic E-state index is 13.4. The number of aromatic nitrogens is 3. The highest BCUT2D eigenvalue weighted by atomic mass is 79.9. The average molecular weight is 469 g/mol. The predicted molar refractivity (Wildman–Crippen MR) is 105 cm³/mol. The lowest BCUT2D eigenvalue weighted by atomic mass is 10.1. The molecule has 0 aliphatic rings. The van der Waals surface area contributed by atoms with Gasteiger partial charge in [-0.1, -0.05) is 23.2 Å². The van der Waals surface area contributed by atoms with Crippen LogP contribution in [0.15, 0.2) is 50.2 Å². The minimum Gasteiger partial charge on any atom is -0.401 e. The first kappa shape index (κ1) is 18.2. The summed E-state index contributed by atoms with van der Waals surface area (Å²) in [5, 5.41) is 5.16. The SMILES string of the molecule is Cc1cc(Cl)cc2c(=O)oc(-c3cc(Br)nn3-c3ccc(F)cc3Cl)nc12. The molecule has 0 unspecified atom stereocenters. The second-order valence-electron chi connectivity index (χ2n) is 5.79. The molecule has 0 bridgehead atoms. The molecule has 0 amide bonds. The first-order chi connectivity index (χ1) is 12.8. The number of fused-ring (bicyclic) bond motifs is 1. The van der Waals surface area contributed by atoms with Gasteiger partial charge in [-0.2, -0.15) is 5.10 Å². The number of aryl methyl sites for hydroxylation is 1. The lowest BCUT2D eigenvalue weighted by Crippen LogP contribution is -2.07. The van der Waals surface area contributed by atoms with Crippen LogP contribution in [0.5, 0.6) is 0 Å². The van der Waals surface area contributed by atoms with E-state index in [1.807, 2.05) is 0 Å². The molecule has 27 heavy (non-hydrogen) atoms. The maximum Gasteiger partial charge on any atom is 0.347 e. The summed E-state index contributed by atoms with van der Waals surface area (Å²) in [5.74, 6) is -0.420. The Morgan fingerprint density at radius 2 is 1.96 bits per heavy atom. The van der Waals surface area contributed by atoms with E-state index in [9.17, 15) is 9.18 Å². The van der Waals surface area contributed by atoms with Gasteiger partial charge in [-0.3, -0.25) is 0 Å². The van der Waals surface area contributed by atoms with Crippen LogP contribution in [0, 0.1) is 12.7 Å². The first-order valence-electron chi connectivity index (χ1n) is 7.66. The molecule has 4 aromatic rings. The molecule has 4 rings (SSSR count). The Kier molecular flexibility index (Phi) is 4.53. The Labute approximate surface area is 170 Å². The minimum atomic E-state index is -0.574. The molecule has 2 aromatic heterocycles. The van der Waals surface area contributed by atoms with Crippen LogP contribution in [-0.4, -0.2) is 14.8 Å². The number of halogens is 4. The quantitative estimate of drug-likeness (QED) is 0.386. The third-order valence-corrected chi connectivity index (χ3v) is 4.83. The topological polar surface area (TPSA) is 60.9 Å². The number of nitrogens with zero attached hydrogens (tertiary/aromatic N) is 3. The van der Waals surface area contributed by atoms with Gasteiger partial charge in [-0.05, 0) is 58.7 Å². The predicted octanol–water partition coefficient (Wildman–Crippen LogP) is 5.56. The van der Waals surface area contributed by atoms with E-state index in [0.717, 1.165) is 5.56 Å². The number of rotatable bonds is 2. The van der Waals surface area contributed by atoms with Gasteiger partial charge in [0.25, 0.3) is 0 Å². The molecule has 136 valence electrons. The van der Waals surface area contributed by atoms with Crippen molar-refractivity contribution in [2.45, 2.75) is 6.92 Å². The van der Waals surface area contributed by atoms with Crippen molar-refractivity contribution in [2.75, 3.05) is 0 Å². The summed E-state index contributed by atoms with van der Waals surface area (Å²) < 4.78 is 20.7. The standard InChI is InChI=1S/C18H9BrCl2FN3O2/c1-8-4-9(20)5-11-16(8)23-17(27-18(11)26)14-7-15(19)24-25(14)13-3-2-10(22)6-12(13)21/h2-7H,1H3. The first-order valence-corrected chi connectivity index (χ1v) is 9.21. The molecule has 0 spiro atoms. The van der Waals surface area contributed by atoms with Gasteiger partial charge >= 0.3 is 5.63 Å². The zero-order valence-electron chi connectivity index (χ0n) is 13.6. The molecule has 2 heterocycles. The summed E-state index contributed by atoms with van der Waals surface area (Å²) >= 11 is 15.5. The van der Waals surface area contributed by atoms with E-state index < -0.39 is 11.4 Å². The van der Waals surface area contributed by atoms with Crippen molar-refractivity contribution < 1.29 is 8.81 Å². The Balaban J connectivity index is 1.99. The maximum atomic E-state index is 13.4. The van der Waals surface area contributed by atoms with Gasteiger partial charge in [0, 0.05) is 11.1 Å². The Morgan fingerprint density at radius 3 is 2.70 bits per heavy atom. The van der Waals surface area contributed by atoms with Gasteiger partial charge < -0.3 is 4.42 Å². The van der Waals surface area contributed by atoms with Gasteiger partial charge in [-0.25, -0.2) is 18.9 Å². The number of hydrogen-bond donors (Lipinski definition) is 0. The van der Waals surface area contributed by atoms with Crippen LogP contribution in [0.25, 0.3) is 28.2 Å². The molecule has 9 heteroatoms.